The molecule has 0 saturated carbocycles. The van der Waals surface area contributed by atoms with Gasteiger partial charge < -0.3 is 4.74 Å². The summed E-state index contributed by atoms with van der Waals surface area (Å²) in [5, 5.41) is 0. The Balaban J connectivity index is 0.00000121. The fourth-order valence-electron chi connectivity index (χ4n) is 1.05. The number of aryl methyl sites for hydroxylation is 1. The van der Waals surface area contributed by atoms with E-state index in [1.807, 2.05) is 12.1 Å². The van der Waals surface area contributed by atoms with Crippen LogP contribution in [0, 0.1) is 19.9 Å². The largest absolute Gasteiger partial charge is 0.382 e. The molecule has 1 radical (unpaired) electrons. The van der Waals surface area contributed by atoms with Gasteiger partial charge >= 0.3 is 0 Å². The summed E-state index contributed by atoms with van der Waals surface area (Å²) in [6.07, 6.45) is 0. The maximum atomic E-state index is 5.05. The van der Waals surface area contributed by atoms with Crippen molar-refractivity contribution >= 4 is 0 Å². The van der Waals surface area contributed by atoms with E-state index in [-0.39, 0.29) is 32.7 Å². The first-order valence-electron chi connectivity index (χ1n) is 3.71. The number of hydrogen-bond donors (Lipinski definition) is 0. The van der Waals surface area contributed by atoms with Crippen molar-refractivity contribution in [2.24, 2.45) is 0 Å². The average Bonchev–Trinajstić information content (AvgIpc) is 1.99. The molecule has 1 rings (SSSR count). The Morgan fingerprint density at radius 2 is 2.08 bits per heavy atom. The summed E-state index contributed by atoms with van der Waals surface area (Å²) >= 11 is 0. The Labute approximate surface area is 99.4 Å². The molecule has 0 saturated heterocycles. The molecule has 0 fully saturated rings. The molecule has 12 heavy (non-hydrogen) atoms. The van der Waals surface area contributed by atoms with E-state index in [1.54, 1.807) is 7.11 Å². The molecule has 0 amide bonds. The smallest absolute Gasteiger partial charge is 0.0495 e. The summed E-state index contributed by atoms with van der Waals surface area (Å²) in [6.45, 7) is 4.86. The van der Waals surface area contributed by atoms with E-state index in [0.717, 1.165) is 0 Å². The molecule has 1 aromatic rings. The van der Waals surface area contributed by atoms with Crippen LogP contribution in [-0.4, -0.2) is 7.11 Å². The van der Waals surface area contributed by atoms with Crippen LogP contribution < -0.4 is 0 Å². The minimum absolute atomic E-state index is 0. The van der Waals surface area contributed by atoms with Crippen LogP contribution in [0.15, 0.2) is 12.1 Å². The maximum absolute atomic E-state index is 5.05. The number of hydrogen-bond acceptors (Lipinski definition) is 1. The standard InChI is InChI=1S/C10H13O.Y/c1-8-5-4-6-10(7-11-3)9(8)2;/h4,6H,7H2,1-3H3;/q-1;. The van der Waals surface area contributed by atoms with Crippen molar-refractivity contribution < 1.29 is 37.4 Å². The first-order chi connectivity index (χ1) is 5.25. The van der Waals surface area contributed by atoms with Gasteiger partial charge in [0.15, 0.2) is 0 Å². The second-order valence-corrected chi connectivity index (χ2v) is 2.69. The zero-order chi connectivity index (χ0) is 8.27. The van der Waals surface area contributed by atoms with Crippen LogP contribution in [0.3, 0.4) is 0 Å². The van der Waals surface area contributed by atoms with E-state index < -0.39 is 0 Å². The Morgan fingerprint density at radius 3 is 2.67 bits per heavy atom. The van der Waals surface area contributed by atoms with Crippen LogP contribution in [0.2, 0.25) is 0 Å². The van der Waals surface area contributed by atoms with Gasteiger partial charge in [-0.3, -0.25) is 0 Å². The summed E-state index contributed by atoms with van der Waals surface area (Å²) in [5.74, 6) is 0. The predicted octanol–water partition coefficient (Wildman–Crippen LogP) is 2.25. The van der Waals surface area contributed by atoms with Crippen LogP contribution >= 0.6 is 0 Å². The van der Waals surface area contributed by atoms with Crippen molar-refractivity contribution in [2.45, 2.75) is 20.5 Å². The zero-order valence-corrected chi connectivity index (χ0v) is 10.7. The molecule has 2 heteroatoms. The first kappa shape index (κ1) is 12.3. The molecule has 0 aliphatic carbocycles. The summed E-state index contributed by atoms with van der Waals surface area (Å²) in [7, 11) is 1.71. The van der Waals surface area contributed by atoms with Crippen LogP contribution in [0.4, 0.5) is 0 Å². The van der Waals surface area contributed by atoms with Gasteiger partial charge in [-0.25, -0.2) is 0 Å². The van der Waals surface area contributed by atoms with E-state index in [1.165, 1.54) is 16.7 Å². The fraction of sp³-hybridized carbons (Fsp3) is 0.400. The Kier molecular flexibility index (Phi) is 5.99. The minimum atomic E-state index is 0. The Bertz CT molecular complexity index is 246. The first-order valence-corrected chi connectivity index (χ1v) is 3.71. The predicted molar refractivity (Wildman–Crippen MR) is 45.5 cm³/mol. The monoisotopic (exact) mass is 238 g/mol. The normalized spacial score (nSPS) is 9.25. The quantitative estimate of drug-likeness (QED) is 0.718. The van der Waals surface area contributed by atoms with Gasteiger partial charge in [-0.15, -0.1) is 5.56 Å². The summed E-state index contributed by atoms with van der Waals surface area (Å²) in [6, 6.07) is 7.13. The molecule has 1 aromatic carbocycles. The van der Waals surface area contributed by atoms with Gasteiger partial charge in [0, 0.05) is 46.4 Å². The molecule has 63 valence electrons. The summed E-state index contributed by atoms with van der Waals surface area (Å²) in [5.41, 5.74) is 3.75. The fourth-order valence-corrected chi connectivity index (χ4v) is 1.05. The minimum Gasteiger partial charge on any atom is -0.382 e. The van der Waals surface area contributed by atoms with Crippen LogP contribution in [-0.2, 0) is 44.1 Å². The maximum Gasteiger partial charge on any atom is 0.0495 e. The molecule has 0 aromatic heterocycles. The second kappa shape index (κ2) is 5.85. The Morgan fingerprint density at radius 1 is 1.42 bits per heavy atom. The van der Waals surface area contributed by atoms with Crippen LogP contribution in [0.5, 0.6) is 0 Å². The van der Waals surface area contributed by atoms with Gasteiger partial charge in [-0.2, -0.15) is 29.3 Å². The van der Waals surface area contributed by atoms with Gasteiger partial charge in [0.2, 0.25) is 0 Å². The summed E-state index contributed by atoms with van der Waals surface area (Å²) < 4.78 is 5.05. The van der Waals surface area contributed by atoms with E-state index in [9.17, 15) is 0 Å². The molecule has 0 spiro atoms. The Hall–Kier alpha value is 0.284. The molecule has 0 aliphatic rings. The number of methoxy groups -OCH3 is 1. The SMILES string of the molecule is COCc1cc[c-]c(C)c1C.[Y]. The van der Waals surface area contributed by atoms with E-state index in [2.05, 4.69) is 19.9 Å². The third-order valence-electron chi connectivity index (χ3n) is 1.93. The molecule has 1 nitrogen and oxygen atoms in total. The topological polar surface area (TPSA) is 9.23 Å². The van der Waals surface area contributed by atoms with Gasteiger partial charge in [0.25, 0.3) is 0 Å². The van der Waals surface area contributed by atoms with Crippen molar-refractivity contribution in [2.75, 3.05) is 7.11 Å². The van der Waals surface area contributed by atoms with Gasteiger partial charge in [0.1, 0.15) is 0 Å². The molecule has 0 atom stereocenters. The van der Waals surface area contributed by atoms with Gasteiger partial charge in [-0.05, 0) is 0 Å². The number of rotatable bonds is 2. The number of ether oxygens (including phenoxy) is 1. The molecular weight excluding hydrogens is 225 g/mol. The molecule has 0 N–H and O–H groups in total. The third kappa shape index (κ3) is 2.97. The number of benzene rings is 1. The molecule has 0 bridgehead atoms. The van der Waals surface area contributed by atoms with Crippen molar-refractivity contribution in [3.05, 3.63) is 34.9 Å². The third-order valence-corrected chi connectivity index (χ3v) is 1.93. The average molecular weight is 238 g/mol. The molecular formula is C10H13OY-. The van der Waals surface area contributed by atoms with Crippen molar-refractivity contribution in [1.29, 1.82) is 0 Å². The molecule has 0 aliphatic heterocycles. The van der Waals surface area contributed by atoms with Gasteiger partial charge in [-0.1, -0.05) is 13.8 Å². The molecule has 0 heterocycles. The van der Waals surface area contributed by atoms with Gasteiger partial charge in [0.05, 0.1) is 0 Å². The second-order valence-electron chi connectivity index (χ2n) is 2.69. The van der Waals surface area contributed by atoms with E-state index in [4.69, 9.17) is 4.74 Å². The molecule has 0 unspecified atom stereocenters. The van der Waals surface area contributed by atoms with Crippen molar-refractivity contribution in [3.8, 4) is 0 Å². The zero-order valence-electron chi connectivity index (χ0n) is 7.85. The van der Waals surface area contributed by atoms with E-state index >= 15 is 0 Å². The van der Waals surface area contributed by atoms with E-state index in [0.29, 0.717) is 6.61 Å². The van der Waals surface area contributed by atoms with Crippen molar-refractivity contribution in [3.63, 3.8) is 0 Å². The summed E-state index contributed by atoms with van der Waals surface area (Å²) in [4.78, 5) is 0. The van der Waals surface area contributed by atoms with Crippen molar-refractivity contribution in [1.82, 2.24) is 0 Å². The van der Waals surface area contributed by atoms with Crippen LogP contribution in [0.25, 0.3) is 0 Å². The van der Waals surface area contributed by atoms with Crippen LogP contribution in [0.1, 0.15) is 16.7 Å².